The van der Waals surface area contributed by atoms with Crippen molar-refractivity contribution >= 4 is 17.5 Å². The molecule has 0 heterocycles. The van der Waals surface area contributed by atoms with Crippen LogP contribution in [0.4, 0.5) is 0 Å². The first-order valence-corrected chi connectivity index (χ1v) is 5.65. The van der Waals surface area contributed by atoms with Crippen LogP contribution >= 0.6 is 11.6 Å². The number of carbonyl (C=O) groups excluding carboxylic acids is 1. The van der Waals surface area contributed by atoms with Gasteiger partial charge in [-0.3, -0.25) is 4.79 Å². The summed E-state index contributed by atoms with van der Waals surface area (Å²) in [5.41, 5.74) is 1.23. The summed E-state index contributed by atoms with van der Waals surface area (Å²) in [6, 6.07) is 10.3. The molecule has 0 aliphatic carbocycles. The van der Waals surface area contributed by atoms with Crippen molar-refractivity contribution in [1.82, 2.24) is 5.32 Å². The van der Waals surface area contributed by atoms with Gasteiger partial charge >= 0.3 is 0 Å². The van der Waals surface area contributed by atoms with Gasteiger partial charge in [0.2, 0.25) is 5.91 Å². The van der Waals surface area contributed by atoms with E-state index in [-0.39, 0.29) is 11.9 Å². The third-order valence-corrected chi connectivity index (χ3v) is 2.30. The van der Waals surface area contributed by atoms with Crippen molar-refractivity contribution < 1.29 is 4.79 Å². The number of benzene rings is 1. The Morgan fingerprint density at radius 2 is 2.07 bits per heavy atom. The number of amides is 1. The monoisotopic (exact) mass is 225 g/mol. The molecule has 1 rings (SSSR count). The quantitative estimate of drug-likeness (QED) is 0.766. The molecule has 0 saturated carbocycles. The Hall–Kier alpha value is -1.02. The highest BCUT2D eigenvalue weighted by molar-refractivity contribution is 6.18. The van der Waals surface area contributed by atoms with Gasteiger partial charge in [-0.2, -0.15) is 0 Å². The number of alkyl halides is 1. The van der Waals surface area contributed by atoms with Gasteiger partial charge in [0, 0.05) is 18.3 Å². The summed E-state index contributed by atoms with van der Waals surface area (Å²) >= 11 is 5.48. The number of carbonyl (C=O) groups is 1. The van der Waals surface area contributed by atoms with Crippen molar-refractivity contribution in [2.24, 2.45) is 0 Å². The normalized spacial score (nSPS) is 12.1. The van der Waals surface area contributed by atoms with Crippen LogP contribution in [0.15, 0.2) is 30.3 Å². The highest BCUT2D eigenvalue weighted by Crippen LogP contribution is 2.02. The molecule has 0 bridgehead atoms. The number of hydrogen-bond donors (Lipinski definition) is 1. The molecule has 1 aromatic carbocycles. The smallest absolute Gasteiger partial charge is 0.221 e. The number of rotatable bonds is 5. The molecular formula is C12H16ClNO. The lowest BCUT2D eigenvalue weighted by Gasteiger charge is -2.13. The van der Waals surface area contributed by atoms with Crippen molar-refractivity contribution in [3.63, 3.8) is 0 Å². The van der Waals surface area contributed by atoms with Crippen LogP contribution in [0.1, 0.15) is 18.9 Å². The van der Waals surface area contributed by atoms with Gasteiger partial charge in [-0.1, -0.05) is 30.3 Å². The fourth-order valence-electron chi connectivity index (χ4n) is 1.45. The highest BCUT2D eigenvalue weighted by Gasteiger charge is 2.06. The maximum absolute atomic E-state index is 11.2. The van der Waals surface area contributed by atoms with E-state index in [1.54, 1.807) is 0 Å². The Kier molecular flexibility index (Phi) is 5.19. The van der Waals surface area contributed by atoms with Crippen LogP contribution in [-0.4, -0.2) is 17.8 Å². The molecule has 1 N–H and O–H groups in total. The SMILES string of the molecule is C[C@H](Cc1ccccc1)NC(=O)CCCl. The molecule has 82 valence electrons. The van der Waals surface area contributed by atoms with E-state index in [4.69, 9.17) is 11.6 Å². The first kappa shape index (κ1) is 12.1. The van der Waals surface area contributed by atoms with Crippen LogP contribution in [0, 0.1) is 0 Å². The van der Waals surface area contributed by atoms with E-state index in [1.807, 2.05) is 25.1 Å². The van der Waals surface area contributed by atoms with Crippen LogP contribution in [0.3, 0.4) is 0 Å². The molecule has 15 heavy (non-hydrogen) atoms. The Morgan fingerprint density at radius 1 is 1.40 bits per heavy atom. The lowest BCUT2D eigenvalue weighted by molar-refractivity contribution is -0.121. The molecule has 0 aliphatic rings. The zero-order valence-corrected chi connectivity index (χ0v) is 9.63. The Labute approximate surface area is 95.6 Å². The minimum absolute atomic E-state index is 0.0217. The van der Waals surface area contributed by atoms with Gasteiger partial charge in [0.15, 0.2) is 0 Å². The van der Waals surface area contributed by atoms with Gasteiger partial charge in [0.1, 0.15) is 0 Å². The average Bonchev–Trinajstić information content (AvgIpc) is 2.19. The summed E-state index contributed by atoms with van der Waals surface area (Å²) in [5.74, 6) is 0.401. The van der Waals surface area contributed by atoms with Crippen molar-refractivity contribution in [1.29, 1.82) is 0 Å². The van der Waals surface area contributed by atoms with Crippen LogP contribution < -0.4 is 5.32 Å². The van der Waals surface area contributed by atoms with Crippen molar-refractivity contribution in [2.45, 2.75) is 25.8 Å². The minimum atomic E-state index is 0.0217. The summed E-state index contributed by atoms with van der Waals surface area (Å²) in [6.45, 7) is 2.00. The molecule has 1 atom stereocenters. The summed E-state index contributed by atoms with van der Waals surface area (Å²) in [6.07, 6.45) is 1.25. The summed E-state index contributed by atoms with van der Waals surface area (Å²) in [5, 5.41) is 2.91. The molecule has 0 aromatic heterocycles. The van der Waals surface area contributed by atoms with Gasteiger partial charge in [-0.05, 0) is 18.9 Å². The zero-order valence-electron chi connectivity index (χ0n) is 8.87. The average molecular weight is 226 g/mol. The van der Waals surface area contributed by atoms with Crippen LogP contribution in [-0.2, 0) is 11.2 Å². The minimum Gasteiger partial charge on any atom is -0.353 e. The molecule has 0 unspecified atom stereocenters. The summed E-state index contributed by atoms with van der Waals surface area (Å²) in [7, 11) is 0. The molecule has 1 amide bonds. The molecular weight excluding hydrogens is 210 g/mol. The molecule has 0 fully saturated rings. The van der Waals surface area contributed by atoms with Gasteiger partial charge in [0.05, 0.1) is 0 Å². The second-order valence-corrected chi connectivity index (χ2v) is 3.98. The lowest BCUT2D eigenvalue weighted by Crippen LogP contribution is -2.34. The molecule has 0 saturated heterocycles. The largest absolute Gasteiger partial charge is 0.353 e. The number of halogens is 1. The fourth-order valence-corrected chi connectivity index (χ4v) is 1.62. The van der Waals surface area contributed by atoms with Gasteiger partial charge in [-0.15, -0.1) is 11.6 Å². The predicted octanol–water partition coefficient (Wildman–Crippen LogP) is 2.36. The maximum Gasteiger partial charge on any atom is 0.221 e. The standard InChI is InChI=1S/C12H16ClNO/c1-10(14-12(15)7-8-13)9-11-5-3-2-4-6-11/h2-6,10H,7-9H2,1H3,(H,14,15)/t10-/m1/s1. The molecule has 0 aliphatic heterocycles. The first-order valence-electron chi connectivity index (χ1n) is 5.11. The van der Waals surface area contributed by atoms with Gasteiger partial charge in [-0.25, -0.2) is 0 Å². The van der Waals surface area contributed by atoms with E-state index in [0.29, 0.717) is 12.3 Å². The third-order valence-electron chi connectivity index (χ3n) is 2.11. The molecule has 0 spiro atoms. The number of nitrogens with one attached hydrogen (secondary N) is 1. The van der Waals surface area contributed by atoms with Crippen LogP contribution in [0.2, 0.25) is 0 Å². The van der Waals surface area contributed by atoms with Gasteiger partial charge < -0.3 is 5.32 Å². The molecule has 0 radical (unpaired) electrons. The topological polar surface area (TPSA) is 29.1 Å². The van der Waals surface area contributed by atoms with E-state index in [1.165, 1.54) is 5.56 Å². The van der Waals surface area contributed by atoms with Crippen LogP contribution in [0.25, 0.3) is 0 Å². The maximum atomic E-state index is 11.2. The van der Waals surface area contributed by atoms with Crippen LogP contribution in [0.5, 0.6) is 0 Å². The molecule has 1 aromatic rings. The third kappa shape index (κ3) is 4.84. The molecule has 2 nitrogen and oxygen atoms in total. The Bertz CT molecular complexity index is 300. The summed E-state index contributed by atoms with van der Waals surface area (Å²) < 4.78 is 0. The second kappa shape index (κ2) is 6.46. The Morgan fingerprint density at radius 3 is 2.67 bits per heavy atom. The predicted molar refractivity (Wildman–Crippen MR) is 63.1 cm³/mol. The second-order valence-electron chi connectivity index (χ2n) is 3.60. The van der Waals surface area contributed by atoms with E-state index < -0.39 is 0 Å². The lowest BCUT2D eigenvalue weighted by atomic mass is 10.1. The summed E-state index contributed by atoms with van der Waals surface area (Å²) in [4.78, 5) is 11.2. The van der Waals surface area contributed by atoms with Gasteiger partial charge in [0.25, 0.3) is 0 Å². The zero-order chi connectivity index (χ0) is 11.1. The van der Waals surface area contributed by atoms with E-state index in [2.05, 4.69) is 17.4 Å². The van der Waals surface area contributed by atoms with Crippen molar-refractivity contribution in [3.05, 3.63) is 35.9 Å². The first-order chi connectivity index (χ1) is 7.22. The number of hydrogen-bond acceptors (Lipinski definition) is 1. The van der Waals surface area contributed by atoms with E-state index in [0.717, 1.165) is 6.42 Å². The Balaban J connectivity index is 2.36. The highest BCUT2D eigenvalue weighted by atomic mass is 35.5. The molecule has 3 heteroatoms. The van der Waals surface area contributed by atoms with E-state index in [9.17, 15) is 4.79 Å². The fraction of sp³-hybridized carbons (Fsp3) is 0.417. The van der Waals surface area contributed by atoms with Crippen molar-refractivity contribution in [3.8, 4) is 0 Å². The van der Waals surface area contributed by atoms with E-state index >= 15 is 0 Å². The van der Waals surface area contributed by atoms with Crippen molar-refractivity contribution in [2.75, 3.05) is 5.88 Å².